The summed E-state index contributed by atoms with van der Waals surface area (Å²) in [5.41, 5.74) is 7.04. The Bertz CT molecular complexity index is 1610. The number of piperidine rings is 1. The van der Waals surface area contributed by atoms with E-state index in [0.717, 1.165) is 0 Å². The van der Waals surface area contributed by atoms with Gasteiger partial charge in [-0.25, -0.2) is 8.42 Å². The highest BCUT2D eigenvalue weighted by molar-refractivity contribution is 7.93. The predicted octanol–water partition coefficient (Wildman–Crippen LogP) is 4.27. The first kappa shape index (κ1) is 26.1. The van der Waals surface area contributed by atoms with Crippen LogP contribution in [0.4, 0.5) is 5.69 Å². The Balaban J connectivity index is 1.34. The number of carbonyl (C=O) groups is 1. The SMILES string of the molecule is NCc1cc(C(=O)N2CCC(O)(c3ccccc3Cl)CC2)ccc1NS(=O)(=O)c1cccc2cccnc12. The molecule has 0 atom stereocenters. The summed E-state index contributed by atoms with van der Waals surface area (Å²) in [7, 11) is -3.97. The standard InChI is InChI=1S/C28H27ClN4O4S/c29-23-8-2-1-7-22(23)28(35)12-15-33(16-13-28)27(34)20-10-11-24(21(17-20)18-30)32-38(36,37)25-9-3-5-19-6-4-14-31-26(19)25/h1-11,14,17,32,35H,12-13,15-16,18,30H2. The minimum absolute atomic E-state index is 0.0268. The number of hydrogen-bond acceptors (Lipinski definition) is 6. The Labute approximate surface area is 226 Å². The number of para-hydroxylation sites is 1. The van der Waals surface area contributed by atoms with Crippen LogP contribution in [0, 0.1) is 0 Å². The Morgan fingerprint density at radius 2 is 1.79 bits per heavy atom. The Hall–Kier alpha value is -3.50. The van der Waals surface area contributed by atoms with Gasteiger partial charge >= 0.3 is 0 Å². The molecule has 5 rings (SSSR count). The van der Waals surface area contributed by atoms with Crippen molar-refractivity contribution in [3.63, 3.8) is 0 Å². The summed E-state index contributed by atoms with van der Waals surface area (Å²) in [6, 6.07) is 20.4. The Morgan fingerprint density at radius 3 is 2.53 bits per heavy atom. The van der Waals surface area contributed by atoms with Crippen molar-refractivity contribution in [3.05, 3.63) is 101 Å². The molecule has 0 radical (unpaired) electrons. The second-order valence-corrected chi connectivity index (χ2v) is 11.4. The molecular weight excluding hydrogens is 524 g/mol. The van der Waals surface area contributed by atoms with Crippen molar-refractivity contribution < 1.29 is 18.3 Å². The molecule has 8 nitrogen and oxygen atoms in total. The van der Waals surface area contributed by atoms with E-state index >= 15 is 0 Å². The number of fused-ring (bicyclic) bond motifs is 1. The molecule has 1 fully saturated rings. The molecule has 0 aliphatic carbocycles. The molecule has 2 heterocycles. The van der Waals surface area contributed by atoms with Crippen molar-refractivity contribution in [1.29, 1.82) is 0 Å². The normalized spacial score (nSPS) is 15.4. The fraction of sp³-hybridized carbons (Fsp3) is 0.214. The average molecular weight is 551 g/mol. The van der Waals surface area contributed by atoms with Gasteiger partial charge in [0.05, 0.1) is 16.8 Å². The summed E-state index contributed by atoms with van der Waals surface area (Å²) < 4.78 is 29.1. The van der Waals surface area contributed by atoms with Gasteiger partial charge in [0.1, 0.15) is 4.90 Å². The van der Waals surface area contributed by atoms with E-state index in [9.17, 15) is 18.3 Å². The van der Waals surface area contributed by atoms with Gasteiger partial charge in [0.15, 0.2) is 0 Å². The molecule has 4 N–H and O–H groups in total. The van der Waals surface area contributed by atoms with E-state index in [1.165, 1.54) is 6.07 Å². The number of pyridine rings is 1. The quantitative estimate of drug-likeness (QED) is 0.329. The topological polar surface area (TPSA) is 126 Å². The van der Waals surface area contributed by atoms with E-state index < -0.39 is 15.6 Å². The van der Waals surface area contributed by atoms with Crippen molar-refractivity contribution >= 4 is 44.1 Å². The number of carbonyl (C=O) groups excluding carboxylic acids is 1. The third-order valence-corrected chi connectivity index (χ3v) is 8.68. The van der Waals surface area contributed by atoms with Crippen molar-refractivity contribution in [3.8, 4) is 0 Å². The van der Waals surface area contributed by atoms with Crippen LogP contribution in [0.2, 0.25) is 5.02 Å². The number of halogens is 1. The number of sulfonamides is 1. The number of nitrogens with two attached hydrogens (primary N) is 1. The summed E-state index contributed by atoms with van der Waals surface area (Å²) >= 11 is 6.30. The van der Waals surface area contributed by atoms with Crippen LogP contribution in [0.15, 0.2) is 83.9 Å². The predicted molar refractivity (Wildman–Crippen MR) is 147 cm³/mol. The lowest BCUT2D eigenvalue weighted by molar-refractivity contribution is -0.0210. The minimum atomic E-state index is -3.97. The summed E-state index contributed by atoms with van der Waals surface area (Å²) in [4.78, 5) is 19.2. The maximum Gasteiger partial charge on any atom is 0.264 e. The van der Waals surface area contributed by atoms with Crippen LogP contribution in [0.5, 0.6) is 0 Å². The molecule has 1 aromatic heterocycles. The van der Waals surface area contributed by atoms with Gasteiger partial charge in [0, 0.05) is 47.4 Å². The van der Waals surface area contributed by atoms with Gasteiger partial charge in [-0.05, 0) is 54.8 Å². The summed E-state index contributed by atoms with van der Waals surface area (Å²) in [5.74, 6) is -0.214. The van der Waals surface area contributed by atoms with Crippen LogP contribution in [0.25, 0.3) is 10.9 Å². The molecular formula is C28H27ClN4O4S. The van der Waals surface area contributed by atoms with Crippen molar-refractivity contribution in [2.45, 2.75) is 29.9 Å². The van der Waals surface area contributed by atoms with Crippen LogP contribution >= 0.6 is 11.6 Å². The van der Waals surface area contributed by atoms with Gasteiger partial charge in [0.25, 0.3) is 15.9 Å². The number of rotatable bonds is 6. The number of hydrogen-bond donors (Lipinski definition) is 3. The highest BCUT2D eigenvalue weighted by Gasteiger charge is 2.37. The molecule has 0 saturated carbocycles. The fourth-order valence-electron chi connectivity index (χ4n) is 4.86. The van der Waals surface area contributed by atoms with Crippen LogP contribution in [-0.4, -0.2) is 42.4 Å². The number of benzene rings is 3. The van der Waals surface area contributed by atoms with Gasteiger partial charge < -0.3 is 15.7 Å². The lowest BCUT2D eigenvalue weighted by atomic mass is 9.84. The van der Waals surface area contributed by atoms with Crippen LogP contribution in [-0.2, 0) is 22.2 Å². The van der Waals surface area contributed by atoms with E-state index in [4.69, 9.17) is 17.3 Å². The molecule has 0 bridgehead atoms. The minimum Gasteiger partial charge on any atom is -0.385 e. The molecule has 196 valence electrons. The van der Waals surface area contributed by atoms with Gasteiger partial charge in [-0.3, -0.25) is 14.5 Å². The second-order valence-electron chi connectivity index (χ2n) is 9.32. The summed E-state index contributed by atoms with van der Waals surface area (Å²) in [6.45, 7) is 0.723. The third kappa shape index (κ3) is 4.98. The monoisotopic (exact) mass is 550 g/mol. The van der Waals surface area contributed by atoms with E-state index in [1.54, 1.807) is 65.7 Å². The molecule has 1 saturated heterocycles. The van der Waals surface area contributed by atoms with E-state index in [2.05, 4.69) is 9.71 Å². The zero-order chi connectivity index (χ0) is 26.9. The lowest BCUT2D eigenvalue weighted by Crippen LogP contribution is -2.45. The number of aromatic nitrogens is 1. The average Bonchev–Trinajstić information content (AvgIpc) is 2.93. The molecule has 38 heavy (non-hydrogen) atoms. The Morgan fingerprint density at radius 1 is 1.05 bits per heavy atom. The van der Waals surface area contributed by atoms with E-state index in [1.807, 2.05) is 12.1 Å². The second kappa shape index (κ2) is 10.3. The molecule has 1 amide bonds. The fourth-order valence-corrected chi connectivity index (χ4v) is 6.45. The zero-order valence-corrected chi connectivity index (χ0v) is 22.0. The maximum absolute atomic E-state index is 13.3. The lowest BCUT2D eigenvalue weighted by Gasteiger charge is -2.39. The van der Waals surface area contributed by atoms with Gasteiger partial charge in [0.2, 0.25) is 0 Å². The number of likely N-dealkylation sites (tertiary alicyclic amines) is 1. The number of anilines is 1. The number of amides is 1. The molecule has 0 spiro atoms. The molecule has 4 aromatic rings. The van der Waals surface area contributed by atoms with Crippen LogP contribution in [0.3, 0.4) is 0 Å². The van der Waals surface area contributed by atoms with Crippen molar-refractivity contribution in [2.24, 2.45) is 5.73 Å². The smallest absolute Gasteiger partial charge is 0.264 e. The third-order valence-electron chi connectivity index (χ3n) is 6.95. The maximum atomic E-state index is 13.3. The molecule has 1 aliphatic rings. The summed E-state index contributed by atoms with van der Waals surface area (Å²) in [6.07, 6.45) is 2.25. The molecule has 1 aliphatic heterocycles. The van der Waals surface area contributed by atoms with Crippen molar-refractivity contribution in [2.75, 3.05) is 17.8 Å². The van der Waals surface area contributed by atoms with Gasteiger partial charge in [-0.1, -0.05) is 48.0 Å². The van der Waals surface area contributed by atoms with E-state index in [-0.39, 0.29) is 17.3 Å². The number of aliphatic hydroxyl groups is 1. The first-order chi connectivity index (χ1) is 18.2. The first-order valence-electron chi connectivity index (χ1n) is 12.2. The Kier molecular flexibility index (Phi) is 7.11. The van der Waals surface area contributed by atoms with Crippen molar-refractivity contribution in [1.82, 2.24) is 9.88 Å². The van der Waals surface area contributed by atoms with Crippen LogP contribution < -0.4 is 10.5 Å². The molecule has 10 heteroatoms. The highest BCUT2D eigenvalue weighted by atomic mass is 35.5. The largest absolute Gasteiger partial charge is 0.385 e. The number of nitrogens with one attached hydrogen (secondary N) is 1. The summed E-state index contributed by atoms with van der Waals surface area (Å²) in [5, 5.41) is 12.4. The number of nitrogens with zero attached hydrogens (tertiary/aromatic N) is 2. The molecule has 3 aromatic carbocycles. The highest BCUT2D eigenvalue weighted by Crippen LogP contribution is 2.37. The van der Waals surface area contributed by atoms with Gasteiger partial charge in [-0.15, -0.1) is 0 Å². The zero-order valence-electron chi connectivity index (χ0n) is 20.5. The van der Waals surface area contributed by atoms with Crippen LogP contribution in [0.1, 0.15) is 34.3 Å². The first-order valence-corrected chi connectivity index (χ1v) is 14.0. The van der Waals surface area contributed by atoms with Gasteiger partial charge in [-0.2, -0.15) is 0 Å². The van der Waals surface area contributed by atoms with E-state index in [0.29, 0.717) is 64.2 Å². The molecule has 0 unspecified atom stereocenters.